The number of carboxylic acids is 1. The monoisotopic (exact) mass is 671 g/mol. The van der Waals surface area contributed by atoms with Crippen LogP contribution in [0.2, 0.25) is 0 Å². The van der Waals surface area contributed by atoms with Crippen molar-refractivity contribution in [2.24, 2.45) is 17.8 Å². The van der Waals surface area contributed by atoms with Crippen molar-refractivity contribution < 1.29 is 9.90 Å². The van der Waals surface area contributed by atoms with Crippen molar-refractivity contribution in [1.29, 1.82) is 0 Å². The molecule has 0 spiro atoms. The van der Waals surface area contributed by atoms with E-state index in [9.17, 15) is 4.79 Å². The van der Waals surface area contributed by atoms with E-state index >= 15 is 0 Å². The molecular formula is C47H74O2. The number of hydrogen-bond donors (Lipinski definition) is 1. The van der Waals surface area contributed by atoms with E-state index in [4.69, 9.17) is 5.11 Å². The van der Waals surface area contributed by atoms with Gasteiger partial charge in [-0.1, -0.05) is 182 Å². The van der Waals surface area contributed by atoms with Crippen LogP contribution >= 0.6 is 0 Å². The van der Waals surface area contributed by atoms with Gasteiger partial charge in [-0.2, -0.15) is 0 Å². The van der Waals surface area contributed by atoms with Crippen LogP contribution in [0, 0.1) is 17.8 Å². The molecule has 2 atom stereocenters. The van der Waals surface area contributed by atoms with Gasteiger partial charge >= 0.3 is 5.97 Å². The van der Waals surface area contributed by atoms with Crippen LogP contribution in [0.5, 0.6) is 0 Å². The third-order valence-corrected chi connectivity index (χ3v) is 9.57. The zero-order valence-electron chi connectivity index (χ0n) is 32.0. The maximum atomic E-state index is 10.2. The molecule has 2 aromatic rings. The lowest BCUT2D eigenvalue weighted by Gasteiger charge is -2.15. The molecular weight excluding hydrogens is 597 g/mol. The van der Waals surface area contributed by atoms with Crippen LogP contribution in [-0.2, 0) is 0 Å². The molecule has 274 valence electrons. The van der Waals surface area contributed by atoms with E-state index in [1.807, 2.05) is 50.2 Å². The number of carboxylic acid groups (broad SMARTS) is 1. The Morgan fingerprint density at radius 1 is 0.490 bits per heavy atom. The van der Waals surface area contributed by atoms with Crippen LogP contribution in [0.15, 0.2) is 103 Å². The summed E-state index contributed by atoms with van der Waals surface area (Å²) in [6.07, 6.45) is 45.6. The van der Waals surface area contributed by atoms with Gasteiger partial charge in [-0.05, 0) is 101 Å². The Bertz CT molecular complexity index is 960. The first-order chi connectivity index (χ1) is 24.1. The van der Waals surface area contributed by atoms with Gasteiger partial charge < -0.3 is 5.11 Å². The topological polar surface area (TPSA) is 37.3 Å². The van der Waals surface area contributed by atoms with Gasteiger partial charge in [0.05, 0.1) is 5.56 Å². The summed E-state index contributed by atoms with van der Waals surface area (Å²) in [5.74, 6) is 2.14. The zero-order chi connectivity index (χ0) is 35.5. The molecule has 0 amide bonds. The van der Waals surface area contributed by atoms with Crippen molar-refractivity contribution in [3.63, 3.8) is 0 Å². The highest BCUT2D eigenvalue weighted by atomic mass is 16.4. The van der Waals surface area contributed by atoms with Crippen LogP contribution in [0.3, 0.4) is 0 Å². The molecule has 2 heteroatoms. The van der Waals surface area contributed by atoms with Crippen LogP contribution in [0.25, 0.3) is 0 Å². The summed E-state index contributed by atoms with van der Waals surface area (Å²) >= 11 is 0. The minimum absolute atomic E-state index is 0.331. The summed E-state index contributed by atoms with van der Waals surface area (Å²) in [6, 6.07) is 20.3. The van der Waals surface area contributed by atoms with Crippen molar-refractivity contribution in [2.75, 3.05) is 0 Å². The average Bonchev–Trinajstić information content (AvgIpc) is 3.88. The first-order valence-electron chi connectivity index (χ1n) is 20.4. The standard InChI is InChI=1S/C7H6O2.C7H10.C7H14.C6H12.2C6H10.C6H6.C2H6/c8-7(9)6-4-2-1-3-5-6;1-2-7-4-3-6(1)5-7;1-7-5-3-2-4-6-7;4*1-2-4-6-5-3-1;1-2/h1-5H,(H,8,9);1-2,6-7H,3-5H2;7H,2-6H2,1H3;1-6H2;2*1-2H,3-6H2;1-6H;1-2H3. The Hall–Kier alpha value is -2.87. The van der Waals surface area contributed by atoms with Crippen LogP contribution in [-0.4, -0.2) is 11.1 Å². The predicted molar refractivity (Wildman–Crippen MR) is 216 cm³/mol. The summed E-state index contributed by atoms with van der Waals surface area (Å²) in [6.45, 7) is 6.36. The molecule has 2 aromatic carbocycles. The molecule has 0 aliphatic heterocycles. The fourth-order valence-electron chi connectivity index (χ4n) is 6.57. The predicted octanol–water partition coefficient (Wildman–Crippen LogP) is 15.2. The summed E-state index contributed by atoms with van der Waals surface area (Å²) in [7, 11) is 0. The van der Waals surface area contributed by atoms with Gasteiger partial charge in [0.2, 0.25) is 0 Å². The Morgan fingerprint density at radius 2 is 0.816 bits per heavy atom. The lowest BCUT2D eigenvalue weighted by atomic mass is 9.91. The summed E-state index contributed by atoms with van der Waals surface area (Å²) < 4.78 is 0. The number of carbonyl (C=O) groups is 1. The smallest absolute Gasteiger partial charge is 0.335 e. The van der Waals surface area contributed by atoms with Gasteiger partial charge in [-0.25, -0.2) is 4.79 Å². The third kappa shape index (κ3) is 27.6. The van der Waals surface area contributed by atoms with Crippen molar-refractivity contribution in [3.05, 3.63) is 109 Å². The molecule has 49 heavy (non-hydrogen) atoms. The second kappa shape index (κ2) is 33.6. The molecule has 2 bridgehead atoms. The first-order valence-corrected chi connectivity index (χ1v) is 20.4. The lowest BCUT2D eigenvalue weighted by molar-refractivity contribution is 0.0697. The van der Waals surface area contributed by atoms with Gasteiger partial charge in [0.25, 0.3) is 0 Å². The zero-order valence-corrected chi connectivity index (χ0v) is 32.0. The highest BCUT2D eigenvalue weighted by Crippen LogP contribution is 2.38. The second-order valence-electron chi connectivity index (χ2n) is 13.9. The number of fused-ring (bicyclic) bond motifs is 2. The van der Waals surface area contributed by atoms with Gasteiger partial charge in [0.15, 0.2) is 0 Å². The van der Waals surface area contributed by atoms with Crippen LogP contribution in [0.4, 0.5) is 0 Å². The number of rotatable bonds is 1. The van der Waals surface area contributed by atoms with Crippen molar-refractivity contribution in [3.8, 4) is 0 Å². The largest absolute Gasteiger partial charge is 0.478 e. The maximum Gasteiger partial charge on any atom is 0.335 e. The number of allylic oxidation sites excluding steroid dienone is 6. The maximum absolute atomic E-state index is 10.2. The molecule has 0 radical (unpaired) electrons. The molecule has 3 saturated carbocycles. The fraction of sp³-hybridized carbons (Fsp3) is 0.596. The molecule has 0 saturated heterocycles. The Balaban J connectivity index is 0.000000285. The van der Waals surface area contributed by atoms with E-state index in [-0.39, 0.29) is 0 Å². The Morgan fingerprint density at radius 3 is 1.00 bits per heavy atom. The van der Waals surface area contributed by atoms with Gasteiger partial charge in [-0.3, -0.25) is 0 Å². The molecule has 0 aromatic heterocycles. The fourth-order valence-corrected chi connectivity index (χ4v) is 6.57. The Kier molecular flexibility index (Phi) is 30.3. The quantitative estimate of drug-likeness (QED) is 0.307. The van der Waals surface area contributed by atoms with Crippen molar-refractivity contribution in [2.45, 2.75) is 162 Å². The van der Waals surface area contributed by atoms with Gasteiger partial charge in [0, 0.05) is 0 Å². The number of hydrogen-bond acceptors (Lipinski definition) is 1. The molecule has 8 rings (SSSR count). The SMILES string of the molecule is C1=CC2CCC1C2.C1=CCCCC1.C1=CCCCC1.C1CCCCC1.CC.CC1CCCCC1.O=C(O)c1ccccc1.c1ccccc1. The van der Waals surface area contributed by atoms with Crippen LogP contribution < -0.4 is 0 Å². The molecule has 2 unspecified atom stereocenters. The van der Waals surface area contributed by atoms with Crippen molar-refractivity contribution in [1.82, 2.24) is 0 Å². The van der Waals surface area contributed by atoms with E-state index in [1.54, 1.807) is 30.3 Å². The molecule has 1 N–H and O–H groups in total. The van der Waals surface area contributed by atoms with Gasteiger partial charge in [0.1, 0.15) is 0 Å². The average molecular weight is 671 g/mol. The number of benzene rings is 2. The van der Waals surface area contributed by atoms with E-state index in [1.165, 1.54) is 141 Å². The molecule has 0 heterocycles. The first kappa shape index (κ1) is 44.2. The Labute approximate surface area is 303 Å². The minimum Gasteiger partial charge on any atom is -0.478 e. The molecule has 2 nitrogen and oxygen atoms in total. The number of aromatic carboxylic acids is 1. The van der Waals surface area contributed by atoms with Crippen LogP contribution in [0.1, 0.15) is 172 Å². The summed E-state index contributed by atoms with van der Waals surface area (Å²) in [4.78, 5) is 10.2. The van der Waals surface area contributed by atoms with E-state index in [0.717, 1.165) is 17.8 Å². The van der Waals surface area contributed by atoms with Gasteiger partial charge in [-0.15, -0.1) is 0 Å². The summed E-state index contributed by atoms with van der Waals surface area (Å²) in [5, 5.41) is 8.38. The van der Waals surface area contributed by atoms with E-state index in [0.29, 0.717) is 5.56 Å². The molecule has 6 aliphatic carbocycles. The lowest BCUT2D eigenvalue weighted by Crippen LogP contribution is -1.99. The summed E-state index contributed by atoms with van der Waals surface area (Å²) in [5.41, 5.74) is 0.331. The minimum atomic E-state index is -0.879. The highest BCUT2D eigenvalue weighted by molar-refractivity contribution is 5.87. The normalized spacial score (nSPS) is 21.0. The van der Waals surface area contributed by atoms with E-state index < -0.39 is 5.97 Å². The van der Waals surface area contributed by atoms with Crippen molar-refractivity contribution >= 4 is 5.97 Å². The second-order valence-corrected chi connectivity index (χ2v) is 13.9. The van der Waals surface area contributed by atoms with E-state index in [2.05, 4.69) is 43.4 Å². The highest BCUT2D eigenvalue weighted by Gasteiger charge is 2.25. The molecule has 6 aliphatic rings. The molecule has 3 fully saturated rings. The third-order valence-electron chi connectivity index (χ3n) is 9.57.